The summed E-state index contributed by atoms with van der Waals surface area (Å²) in [6, 6.07) is 0. The lowest BCUT2D eigenvalue weighted by molar-refractivity contribution is -0.143. The molecule has 1 heterocycles. The highest BCUT2D eigenvalue weighted by Crippen LogP contribution is 2.40. The minimum atomic E-state index is -0.156. The van der Waals surface area contributed by atoms with Gasteiger partial charge in [-0.15, -0.1) is 0 Å². The molecule has 0 radical (unpaired) electrons. The highest BCUT2D eigenvalue weighted by Gasteiger charge is 2.37. The number of carbonyl (C=O) groups excluding carboxylic acids is 1. The molecule has 0 aromatic heterocycles. The number of ketones is 1. The van der Waals surface area contributed by atoms with E-state index in [9.17, 15) is 4.79 Å². The number of allylic oxidation sites excluding steroid dienone is 2. The monoisotopic (exact) mass is 238 g/mol. The molecule has 0 bridgehead atoms. The van der Waals surface area contributed by atoms with E-state index < -0.39 is 0 Å². The van der Waals surface area contributed by atoms with Crippen molar-refractivity contribution in [1.82, 2.24) is 0 Å². The van der Waals surface area contributed by atoms with Crippen molar-refractivity contribution in [2.75, 3.05) is 6.61 Å². The molecule has 17 heavy (non-hydrogen) atoms. The average Bonchev–Trinajstić information content (AvgIpc) is 2.28. The first-order valence-electron chi connectivity index (χ1n) is 6.68. The van der Waals surface area contributed by atoms with Gasteiger partial charge in [0.15, 0.2) is 12.1 Å². The van der Waals surface area contributed by atoms with Gasteiger partial charge >= 0.3 is 0 Å². The molecule has 96 valence electrons. The van der Waals surface area contributed by atoms with E-state index >= 15 is 0 Å². The van der Waals surface area contributed by atoms with E-state index in [1.54, 1.807) is 0 Å². The van der Waals surface area contributed by atoms with Gasteiger partial charge in [-0.05, 0) is 25.2 Å². The smallest absolute Gasteiger partial charge is 0.199 e. The van der Waals surface area contributed by atoms with Crippen LogP contribution in [0.2, 0.25) is 0 Å². The quantitative estimate of drug-likeness (QED) is 0.758. The fourth-order valence-corrected chi connectivity index (χ4v) is 2.80. The number of hydrogen-bond donors (Lipinski definition) is 0. The molecule has 3 heteroatoms. The van der Waals surface area contributed by atoms with E-state index in [1.807, 2.05) is 6.92 Å². The summed E-state index contributed by atoms with van der Waals surface area (Å²) >= 11 is 0. The number of ether oxygens (including phenoxy) is 2. The Kier molecular flexibility index (Phi) is 3.87. The Morgan fingerprint density at radius 2 is 2.18 bits per heavy atom. The Hall–Kier alpha value is -0.830. The molecule has 1 aliphatic carbocycles. The molecule has 0 amide bonds. The Morgan fingerprint density at radius 1 is 1.41 bits per heavy atom. The van der Waals surface area contributed by atoms with Crippen LogP contribution in [0.25, 0.3) is 0 Å². The fourth-order valence-electron chi connectivity index (χ4n) is 2.80. The first kappa shape index (κ1) is 12.6. The van der Waals surface area contributed by atoms with Crippen LogP contribution in [0.15, 0.2) is 11.3 Å². The predicted molar refractivity (Wildman–Crippen MR) is 65.3 cm³/mol. The fraction of sp³-hybridized carbons (Fsp3) is 0.786. The molecule has 0 spiro atoms. The second kappa shape index (κ2) is 5.21. The van der Waals surface area contributed by atoms with Gasteiger partial charge in [0.05, 0.1) is 0 Å². The van der Waals surface area contributed by atoms with Crippen LogP contribution in [-0.2, 0) is 14.3 Å². The zero-order valence-electron chi connectivity index (χ0n) is 11.0. The van der Waals surface area contributed by atoms with E-state index in [1.165, 1.54) is 0 Å². The molecular formula is C14H22O3. The van der Waals surface area contributed by atoms with E-state index in [0.717, 1.165) is 30.6 Å². The topological polar surface area (TPSA) is 35.5 Å². The van der Waals surface area contributed by atoms with Crippen molar-refractivity contribution in [3.8, 4) is 0 Å². The van der Waals surface area contributed by atoms with Crippen molar-refractivity contribution in [2.45, 2.75) is 52.7 Å². The summed E-state index contributed by atoms with van der Waals surface area (Å²) in [4.78, 5) is 12.0. The second-order valence-electron chi connectivity index (χ2n) is 5.20. The molecule has 1 aliphatic heterocycles. The van der Waals surface area contributed by atoms with Crippen molar-refractivity contribution in [1.29, 1.82) is 0 Å². The Bertz CT molecular complexity index is 330. The molecule has 0 fully saturated rings. The van der Waals surface area contributed by atoms with Gasteiger partial charge in [-0.3, -0.25) is 4.79 Å². The molecule has 0 N–H and O–H groups in total. The van der Waals surface area contributed by atoms with E-state index in [4.69, 9.17) is 9.47 Å². The number of Topliss-reactive ketones (excluding diaryl/α,β-unsaturated/α-hetero) is 1. The Labute approximate surface area is 103 Å². The zero-order chi connectivity index (χ0) is 12.4. The van der Waals surface area contributed by atoms with Crippen LogP contribution in [0.4, 0.5) is 0 Å². The van der Waals surface area contributed by atoms with Gasteiger partial charge in [0.1, 0.15) is 5.76 Å². The van der Waals surface area contributed by atoms with Crippen LogP contribution in [0.5, 0.6) is 0 Å². The second-order valence-corrected chi connectivity index (χ2v) is 5.20. The van der Waals surface area contributed by atoms with Crippen molar-refractivity contribution in [3.05, 3.63) is 11.3 Å². The molecule has 0 saturated carbocycles. The summed E-state index contributed by atoms with van der Waals surface area (Å²) in [5.41, 5.74) is 0.960. The van der Waals surface area contributed by atoms with Crippen molar-refractivity contribution < 1.29 is 14.3 Å². The average molecular weight is 238 g/mol. The lowest BCUT2D eigenvalue weighted by Crippen LogP contribution is -2.35. The van der Waals surface area contributed by atoms with Crippen LogP contribution in [0, 0.1) is 11.8 Å². The van der Waals surface area contributed by atoms with Crippen LogP contribution in [0.3, 0.4) is 0 Å². The van der Waals surface area contributed by atoms with Gasteiger partial charge in [0, 0.05) is 31.4 Å². The normalized spacial score (nSPS) is 29.3. The summed E-state index contributed by atoms with van der Waals surface area (Å²) in [6.07, 6.45) is 3.16. The molecular weight excluding hydrogens is 216 g/mol. The highest BCUT2D eigenvalue weighted by molar-refractivity contribution is 5.97. The first-order valence-corrected chi connectivity index (χ1v) is 6.68. The van der Waals surface area contributed by atoms with Gasteiger partial charge in [-0.25, -0.2) is 0 Å². The molecule has 2 aliphatic rings. The number of rotatable bonds is 3. The molecule has 2 atom stereocenters. The van der Waals surface area contributed by atoms with Gasteiger partial charge in [-0.2, -0.15) is 0 Å². The van der Waals surface area contributed by atoms with Crippen molar-refractivity contribution in [3.63, 3.8) is 0 Å². The Balaban J connectivity index is 2.26. The third-order valence-corrected chi connectivity index (χ3v) is 3.66. The zero-order valence-corrected chi connectivity index (χ0v) is 11.0. The minimum absolute atomic E-state index is 0.156. The third-order valence-electron chi connectivity index (χ3n) is 3.66. The number of carbonyl (C=O) groups is 1. The van der Waals surface area contributed by atoms with Crippen LogP contribution < -0.4 is 0 Å². The van der Waals surface area contributed by atoms with Crippen LogP contribution in [-0.4, -0.2) is 18.7 Å². The molecule has 3 nitrogen and oxygen atoms in total. The summed E-state index contributed by atoms with van der Waals surface area (Å²) in [6.45, 7) is 6.98. The highest BCUT2D eigenvalue weighted by atomic mass is 16.7. The summed E-state index contributed by atoms with van der Waals surface area (Å²) in [5.74, 6) is 1.97. The van der Waals surface area contributed by atoms with E-state index in [-0.39, 0.29) is 6.29 Å². The maximum atomic E-state index is 12.0. The van der Waals surface area contributed by atoms with Gasteiger partial charge in [0.25, 0.3) is 0 Å². The lowest BCUT2D eigenvalue weighted by Gasteiger charge is -2.37. The van der Waals surface area contributed by atoms with Crippen molar-refractivity contribution >= 4 is 5.78 Å². The summed E-state index contributed by atoms with van der Waals surface area (Å²) in [5, 5.41) is 0. The van der Waals surface area contributed by atoms with Gasteiger partial charge < -0.3 is 9.47 Å². The van der Waals surface area contributed by atoms with Gasteiger partial charge in [-0.1, -0.05) is 13.8 Å². The molecule has 0 saturated heterocycles. The molecule has 0 aromatic rings. The largest absolute Gasteiger partial charge is 0.469 e. The first-order chi connectivity index (χ1) is 8.13. The van der Waals surface area contributed by atoms with Crippen molar-refractivity contribution in [2.24, 2.45) is 11.8 Å². The maximum Gasteiger partial charge on any atom is 0.199 e. The van der Waals surface area contributed by atoms with Crippen LogP contribution in [0.1, 0.15) is 46.5 Å². The third kappa shape index (κ3) is 2.54. The molecule has 2 unspecified atom stereocenters. The number of hydrogen-bond acceptors (Lipinski definition) is 3. The molecule has 0 aromatic carbocycles. The lowest BCUT2D eigenvalue weighted by atomic mass is 9.77. The standard InChI is InChI=1S/C14H22O3/c1-4-16-13-8-10(9(2)3)14-11(15)6-5-7-12(14)17-13/h9-10,13H,4-8H2,1-3H3. The minimum Gasteiger partial charge on any atom is -0.469 e. The van der Waals surface area contributed by atoms with Crippen LogP contribution >= 0.6 is 0 Å². The van der Waals surface area contributed by atoms with Gasteiger partial charge in [0.2, 0.25) is 0 Å². The summed E-state index contributed by atoms with van der Waals surface area (Å²) < 4.78 is 11.4. The maximum absolute atomic E-state index is 12.0. The summed E-state index contributed by atoms with van der Waals surface area (Å²) in [7, 11) is 0. The predicted octanol–water partition coefficient (Wildman–Crippen LogP) is 3.05. The molecule has 2 rings (SSSR count). The Morgan fingerprint density at radius 3 is 2.82 bits per heavy atom. The van der Waals surface area contributed by atoms with E-state index in [0.29, 0.717) is 30.6 Å². The SMILES string of the molecule is CCOC1CC(C(C)C)C2=C(CCCC2=O)O1. The van der Waals surface area contributed by atoms with E-state index in [2.05, 4.69) is 13.8 Å².